The summed E-state index contributed by atoms with van der Waals surface area (Å²) in [5.41, 5.74) is 0. The maximum atomic E-state index is 9.65. The Morgan fingerprint density at radius 3 is 2.48 bits per heavy atom. The van der Waals surface area contributed by atoms with Crippen molar-refractivity contribution in [2.24, 2.45) is 5.92 Å². The molecule has 0 aromatic heterocycles. The number of benzene rings is 1. The van der Waals surface area contributed by atoms with Crippen LogP contribution >= 0.6 is 0 Å². The number of ether oxygens (including phenoxy) is 3. The van der Waals surface area contributed by atoms with Gasteiger partial charge in [0.05, 0.1) is 12.5 Å². The van der Waals surface area contributed by atoms with E-state index < -0.39 is 12.1 Å². The van der Waals surface area contributed by atoms with Crippen LogP contribution in [0, 0.1) is 5.92 Å². The number of carboxylic acid groups (broad SMARTS) is 1. The molecule has 1 aliphatic heterocycles. The molecule has 0 aliphatic carbocycles. The maximum Gasteiger partial charge on any atom is 0.404 e. The number of hydrogen-bond acceptors (Lipinski definition) is 5. The van der Waals surface area contributed by atoms with Crippen molar-refractivity contribution < 1.29 is 29.2 Å². The molecule has 118 valence electrons. The van der Waals surface area contributed by atoms with Crippen LogP contribution in [0.3, 0.4) is 0 Å². The second kappa shape index (κ2) is 7.03. The standard InChI is InChI=1S/C12H16O4.C2H5NO2/c1-4-14-12(8(2)3)15-10-7-5-6-9(13)11(10)16-12;1-3-2(4)5/h5-8,13H,4H2,1-3H3;3H,1H3,(H,4,5). The predicted molar refractivity (Wildman–Crippen MR) is 75.6 cm³/mol. The van der Waals surface area contributed by atoms with Gasteiger partial charge in [0.1, 0.15) is 0 Å². The van der Waals surface area contributed by atoms with Gasteiger partial charge in [-0.2, -0.15) is 0 Å². The second-order valence-corrected chi connectivity index (χ2v) is 4.55. The van der Waals surface area contributed by atoms with Crippen molar-refractivity contribution in [3.05, 3.63) is 18.2 Å². The Kier molecular flexibility index (Phi) is 5.66. The van der Waals surface area contributed by atoms with E-state index in [0.717, 1.165) is 0 Å². The second-order valence-electron chi connectivity index (χ2n) is 4.55. The molecule has 1 aromatic carbocycles. The van der Waals surface area contributed by atoms with E-state index in [-0.39, 0.29) is 11.7 Å². The molecular formula is C14H21NO6. The Balaban J connectivity index is 0.000000383. The number of phenols is 1. The van der Waals surface area contributed by atoms with Crippen LogP contribution in [0.2, 0.25) is 0 Å². The van der Waals surface area contributed by atoms with Gasteiger partial charge in [-0.05, 0) is 19.1 Å². The number of nitrogens with one attached hydrogen (secondary N) is 1. The van der Waals surface area contributed by atoms with Gasteiger partial charge in [-0.15, -0.1) is 0 Å². The smallest absolute Gasteiger partial charge is 0.404 e. The summed E-state index contributed by atoms with van der Waals surface area (Å²) in [5.74, 6) is -0.165. The largest absolute Gasteiger partial charge is 0.504 e. The van der Waals surface area contributed by atoms with E-state index in [0.29, 0.717) is 18.1 Å². The van der Waals surface area contributed by atoms with E-state index >= 15 is 0 Å². The van der Waals surface area contributed by atoms with Crippen LogP contribution in [0.25, 0.3) is 0 Å². The van der Waals surface area contributed by atoms with Crippen LogP contribution in [-0.2, 0) is 4.74 Å². The monoisotopic (exact) mass is 299 g/mol. The summed E-state index contributed by atoms with van der Waals surface area (Å²) < 4.78 is 16.8. The first kappa shape index (κ1) is 16.9. The summed E-state index contributed by atoms with van der Waals surface area (Å²) in [4.78, 5) is 9.26. The SMILES string of the molecule is CCOC1(C(C)C)Oc2cccc(O)c2O1.CNC(=O)O. The Morgan fingerprint density at radius 2 is 2.05 bits per heavy atom. The lowest BCUT2D eigenvalue weighted by Crippen LogP contribution is -2.46. The molecule has 0 radical (unpaired) electrons. The van der Waals surface area contributed by atoms with E-state index in [9.17, 15) is 9.90 Å². The van der Waals surface area contributed by atoms with Gasteiger partial charge in [-0.3, -0.25) is 0 Å². The number of carbonyl (C=O) groups is 1. The van der Waals surface area contributed by atoms with Gasteiger partial charge in [-0.1, -0.05) is 19.9 Å². The summed E-state index contributed by atoms with van der Waals surface area (Å²) in [6.07, 6.45) is -0.995. The van der Waals surface area contributed by atoms with Crippen LogP contribution < -0.4 is 14.8 Å². The van der Waals surface area contributed by atoms with Crippen molar-refractivity contribution in [3.8, 4) is 17.2 Å². The van der Waals surface area contributed by atoms with Gasteiger partial charge in [0.15, 0.2) is 11.5 Å². The average Bonchev–Trinajstić information content (AvgIpc) is 2.81. The molecule has 3 N–H and O–H groups in total. The molecule has 21 heavy (non-hydrogen) atoms. The van der Waals surface area contributed by atoms with Crippen LogP contribution in [-0.4, -0.2) is 35.9 Å². The molecule has 0 spiro atoms. The molecule has 1 aliphatic rings. The highest BCUT2D eigenvalue weighted by Crippen LogP contribution is 2.47. The molecule has 2 rings (SSSR count). The minimum absolute atomic E-state index is 0.0132. The molecule has 1 atom stereocenters. The Bertz CT molecular complexity index is 490. The minimum Gasteiger partial charge on any atom is -0.504 e. The molecule has 0 bridgehead atoms. The average molecular weight is 299 g/mol. The van der Waals surface area contributed by atoms with Gasteiger partial charge >= 0.3 is 12.1 Å². The third kappa shape index (κ3) is 3.91. The highest BCUT2D eigenvalue weighted by molar-refractivity contribution is 5.63. The predicted octanol–water partition coefficient (Wildman–Crippen LogP) is 2.39. The fourth-order valence-corrected chi connectivity index (χ4v) is 1.67. The Hall–Kier alpha value is -2.15. The molecule has 1 unspecified atom stereocenters. The zero-order valence-corrected chi connectivity index (χ0v) is 12.5. The van der Waals surface area contributed by atoms with Crippen LogP contribution in [0.4, 0.5) is 4.79 Å². The number of para-hydroxylation sites is 1. The van der Waals surface area contributed by atoms with E-state index in [2.05, 4.69) is 0 Å². The van der Waals surface area contributed by atoms with Gasteiger partial charge in [-0.25, -0.2) is 4.79 Å². The maximum absolute atomic E-state index is 9.65. The lowest BCUT2D eigenvalue weighted by molar-refractivity contribution is -0.305. The molecule has 7 heteroatoms. The molecule has 1 aromatic rings. The van der Waals surface area contributed by atoms with Crippen molar-refractivity contribution in [1.29, 1.82) is 0 Å². The molecular weight excluding hydrogens is 278 g/mol. The summed E-state index contributed by atoms with van der Waals surface area (Å²) >= 11 is 0. The summed E-state index contributed by atoms with van der Waals surface area (Å²) in [5, 5.41) is 19.2. The van der Waals surface area contributed by atoms with Gasteiger partial charge in [0.25, 0.3) is 0 Å². The number of amides is 1. The normalized spacial score (nSPS) is 18.9. The first-order valence-electron chi connectivity index (χ1n) is 6.61. The van der Waals surface area contributed by atoms with Crippen LogP contribution in [0.1, 0.15) is 20.8 Å². The lowest BCUT2D eigenvalue weighted by Gasteiger charge is -2.29. The number of rotatable bonds is 3. The fraction of sp³-hybridized carbons (Fsp3) is 0.500. The third-order valence-corrected chi connectivity index (χ3v) is 2.72. The van der Waals surface area contributed by atoms with Crippen molar-refractivity contribution >= 4 is 6.09 Å². The number of fused-ring (bicyclic) bond motifs is 1. The van der Waals surface area contributed by atoms with E-state index in [1.54, 1.807) is 18.2 Å². The van der Waals surface area contributed by atoms with E-state index in [1.165, 1.54) is 7.05 Å². The first-order valence-corrected chi connectivity index (χ1v) is 6.61. The molecule has 1 amide bonds. The van der Waals surface area contributed by atoms with Crippen molar-refractivity contribution in [1.82, 2.24) is 5.32 Å². The highest BCUT2D eigenvalue weighted by Gasteiger charge is 2.47. The van der Waals surface area contributed by atoms with E-state index in [4.69, 9.17) is 19.3 Å². The lowest BCUT2D eigenvalue weighted by atomic mass is 10.2. The highest BCUT2D eigenvalue weighted by atomic mass is 16.9. The van der Waals surface area contributed by atoms with E-state index in [1.807, 2.05) is 26.1 Å². The summed E-state index contributed by atoms with van der Waals surface area (Å²) in [6, 6.07) is 5.02. The van der Waals surface area contributed by atoms with Crippen LogP contribution in [0.15, 0.2) is 18.2 Å². The Labute approximate surface area is 123 Å². The molecule has 0 saturated carbocycles. The number of phenolic OH excluding ortho intramolecular Hbond substituents is 1. The number of hydrogen-bond donors (Lipinski definition) is 3. The van der Waals surface area contributed by atoms with Crippen LogP contribution in [0.5, 0.6) is 17.2 Å². The molecule has 7 nitrogen and oxygen atoms in total. The summed E-state index contributed by atoms with van der Waals surface area (Å²) in [7, 11) is 1.35. The van der Waals surface area contributed by atoms with Gasteiger partial charge in [0, 0.05) is 7.05 Å². The zero-order valence-electron chi connectivity index (χ0n) is 12.5. The van der Waals surface area contributed by atoms with Crippen molar-refractivity contribution in [2.45, 2.75) is 26.7 Å². The Morgan fingerprint density at radius 1 is 1.43 bits per heavy atom. The van der Waals surface area contributed by atoms with Gasteiger partial charge < -0.3 is 29.7 Å². The number of aromatic hydroxyl groups is 1. The fourth-order valence-electron chi connectivity index (χ4n) is 1.67. The van der Waals surface area contributed by atoms with Gasteiger partial charge in [0.2, 0.25) is 5.75 Å². The molecule has 0 fully saturated rings. The topological polar surface area (TPSA) is 97.3 Å². The first-order chi connectivity index (χ1) is 9.86. The molecule has 0 saturated heterocycles. The molecule has 1 heterocycles. The quantitative estimate of drug-likeness (QED) is 0.793. The summed E-state index contributed by atoms with van der Waals surface area (Å²) in [6.45, 7) is 6.24. The third-order valence-electron chi connectivity index (χ3n) is 2.72. The minimum atomic E-state index is -1.12. The zero-order chi connectivity index (χ0) is 16.0. The van der Waals surface area contributed by atoms with Crippen molar-refractivity contribution in [2.75, 3.05) is 13.7 Å². The van der Waals surface area contributed by atoms with Crippen molar-refractivity contribution in [3.63, 3.8) is 0 Å².